The van der Waals surface area contributed by atoms with Crippen LogP contribution in [0.3, 0.4) is 0 Å². The summed E-state index contributed by atoms with van der Waals surface area (Å²) in [6.45, 7) is 11.7. The van der Waals surface area contributed by atoms with Crippen molar-refractivity contribution in [1.29, 1.82) is 0 Å². The van der Waals surface area contributed by atoms with E-state index in [4.69, 9.17) is 14.2 Å². The number of nitrogens with zero attached hydrogens (tertiary/aromatic N) is 2. The highest BCUT2D eigenvalue weighted by Gasteiger charge is 2.36. The molecule has 7 nitrogen and oxygen atoms in total. The SMILES string of the molecule is COc1ccc(C)nc1COc1ccc2c(c1)CCN(C(=O)OC(C)(C)C(C)=O)[C@H]2CC(C)C. The molecular weight excluding hydrogens is 432 g/mol. The molecule has 1 aliphatic rings. The van der Waals surface area contributed by atoms with E-state index in [1.165, 1.54) is 6.92 Å². The number of fused-ring (bicyclic) bond motifs is 1. The van der Waals surface area contributed by atoms with Crippen LogP contribution in [-0.2, 0) is 22.6 Å². The molecule has 0 radical (unpaired) electrons. The van der Waals surface area contributed by atoms with E-state index < -0.39 is 11.7 Å². The molecule has 2 aromatic rings. The number of aromatic nitrogens is 1. The first-order valence-electron chi connectivity index (χ1n) is 11.8. The van der Waals surface area contributed by atoms with Crippen molar-refractivity contribution in [2.75, 3.05) is 13.7 Å². The molecule has 34 heavy (non-hydrogen) atoms. The summed E-state index contributed by atoms with van der Waals surface area (Å²) >= 11 is 0. The second-order valence-corrected chi connectivity index (χ2v) is 9.77. The van der Waals surface area contributed by atoms with Gasteiger partial charge in [0, 0.05) is 12.2 Å². The van der Waals surface area contributed by atoms with Gasteiger partial charge in [-0.3, -0.25) is 9.78 Å². The Morgan fingerprint density at radius 3 is 2.59 bits per heavy atom. The van der Waals surface area contributed by atoms with Gasteiger partial charge < -0.3 is 19.1 Å². The number of ether oxygens (including phenoxy) is 3. The molecule has 0 saturated carbocycles. The van der Waals surface area contributed by atoms with Crippen LogP contribution in [0.15, 0.2) is 30.3 Å². The van der Waals surface area contributed by atoms with E-state index in [-0.39, 0.29) is 11.8 Å². The minimum Gasteiger partial charge on any atom is -0.495 e. The maximum Gasteiger partial charge on any atom is 0.411 e. The smallest absolute Gasteiger partial charge is 0.411 e. The number of carbonyl (C=O) groups is 2. The number of pyridine rings is 1. The number of aryl methyl sites for hydroxylation is 1. The summed E-state index contributed by atoms with van der Waals surface area (Å²) in [6.07, 6.45) is 1.03. The van der Waals surface area contributed by atoms with E-state index in [9.17, 15) is 9.59 Å². The van der Waals surface area contributed by atoms with Gasteiger partial charge in [0.25, 0.3) is 0 Å². The fraction of sp³-hybridized carbons (Fsp3) is 0.519. The Morgan fingerprint density at radius 2 is 1.94 bits per heavy atom. The van der Waals surface area contributed by atoms with E-state index in [1.807, 2.05) is 37.3 Å². The number of amides is 1. The number of hydrogen-bond acceptors (Lipinski definition) is 6. The first-order chi connectivity index (χ1) is 16.0. The average Bonchev–Trinajstić information content (AvgIpc) is 2.77. The highest BCUT2D eigenvalue weighted by atomic mass is 16.6. The van der Waals surface area contributed by atoms with E-state index in [0.717, 1.165) is 34.7 Å². The minimum atomic E-state index is -1.15. The maximum atomic E-state index is 13.0. The topological polar surface area (TPSA) is 78.0 Å². The van der Waals surface area contributed by atoms with Crippen molar-refractivity contribution in [2.24, 2.45) is 5.92 Å². The summed E-state index contributed by atoms with van der Waals surface area (Å²) in [6, 6.07) is 9.70. The first kappa shape index (κ1) is 25.5. The monoisotopic (exact) mass is 468 g/mol. The third-order valence-corrected chi connectivity index (χ3v) is 6.26. The molecule has 0 N–H and O–H groups in total. The second kappa shape index (κ2) is 10.5. The van der Waals surface area contributed by atoms with Crippen LogP contribution in [0.5, 0.6) is 11.5 Å². The van der Waals surface area contributed by atoms with Crippen molar-refractivity contribution in [3.63, 3.8) is 0 Å². The first-order valence-corrected chi connectivity index (χ1v) is 11.8. The molecule has 0 bridgehead atoms. The van der Waals surface area contributed by atoms with Crippen LogP contribution < -0.4 is 9.47 Å². The van der Waals surface area contributed by atoms with E-state index >= 15 is 0 Å². The summed E-state index contributed by atoms with van der Waals surface area (Å²) in [5, 5.41) is 0. The third-order valence-electron chi connectivity index (χ3n) is 6.26. The van der Waals surface area contributed by atoms with Gasteiger partial charge in [-0.25, -0.2) is 4.79 Å². The van der Waals surface area contributed by atoms with E-state index in [2.05, 4.69) is 18.8 Å². The molecule has 1 aromatic heterocycles. The lowest BCUT2D eigenvalue weighted by atomic mass is 9.87. The van der Waals surface area contributed by atoms with Crippen molar-refractivity contribution in [3.8, 4) is 11.5 Å². The van der Waals surface area contributed by atoms with Gasteiger partial charge in [-0.1, -0.05) is 19.9 Å². The van der Waals surface area contributed by atoms with Crippen LogP contribution >= 0.6 is 0 Å². The molecular formula is C27H36N2O5. The quantitative estimate of drug-likeness (QED) is 0.514. The maximum absolute atomic E-state index is 13.0. The number of Topliss-reactive ketones (excluding diaryl/α,β-unsaturated/α-hetero) is 1. The highest BCUT2D eigenvalue weighted by molar-refractivity contribution is 5.86. The number of methoxy groups -OCH3 is 1. The molecule has 0 spiro atoms. The van der Waals surface area contributed by atoms with Gasteiger partial charge in [0.1, 0.15) is 23.8 Å². The van der Waals surface area contributed by atoms with Gasteiger partial charge >= 0.3 is 6.09 Å². The number of hydrogen-bond donors (Lipinski definition) is 0. The normalized spacial score (nSPS) is 15.6. The van der Waals surface area contributed by atoms with Gasteiger partial charge in [0.05, 0.1) is 13.2 Å². The van der Waals surface area contributed by atoms with Crippen molar-refractivity contribution >= 4 is 11.9 Å². The molecule has 0 unspecified atom stereocenters. The van der Waals surface area contributed by atoms with Crippen LogP contribution in [0.25, 0.3) is 0 Å². The number of rotatable bonds is 8. The number of ketones is 1. The zero-order chi connectivity index (χ0) is 25.0. The Hall–Kier alpha value is -3.09. The molecule has 3 rings (SSSR count). The largest absolute Gasteiger partial charge is 0.495 e. The van der Waals surface area contributed by atoms with Crippen molar-refractivity contribution in [1.82, 2.24) is 9.88 Å². The Balaban J connectivity index is 1.81. The van der Waals surface area contributed by atoms with Crippen LogP contribution in [0.2, 0.25) is 0 Å². The lowest BCUT2D eigenvalue weighted by Crippen LogP contribution is -2.46. The van der Waals surface area contributed by atoms with Crippen molar-refractivity contribution in [2.45, 2.75) is 72.6 Å². The highest BCUT2D eigenvalue weighted by Crippen LogP contribution is 2.37. The molecule has 2 heterocycles. The summed E-state index contributed by atoms with van der Waals surface area (Å²) in [5.74, 6) is 1.65. The summed E-state index contributed by atoms with van der Waals surface area (Å²) in [7, 11) is 1.62. The van der Waals surface area contributed by atoms with Gasteiger partial charge in [-0.2, -0.15) is 0 Å². The zero-order valence-corrected chi connectivity index (χ0v) is 21.3. The van der Waals surface area contributed by atoms with Gasteiger partial charge in [0.2, 0.25) is 0 Å². The summed E-state index contributed by atoms with van der Waals surface area (Å²) in [4.78, 5) is 31.2. The van der Waals surface area contributed by atoms with Gasteiger partial charge in [-0.05, 0) is 81.8 Å². The van der Waals surface area contributed by atoms with Crippen molar-refractivity contribution in [3.05, 3.63) is 52.8 Å². The Kier molecular flexibility index (Phi) is 7.85. The zero-order valence-electron chi connectivity index (χ0n) is 21.3. The fourth-order valence-electron chi connectivity index (χ4n) is 4.08. The van der Waals surface area contributed by atoms with E-state index in [0.29, 0.717) is 31.2 Å². The second-order valence-electron chi connectivity index (χ2n) is 9.77. The minimum absolute atomic E-state index is 0.119. The summed E-state index contributed by atoms with van der Waals surface area (Å²) < 4.78 is 17.1. The summed E-state index contributed by atoms with van der Waals surface area (Å²) in [5.41, 5.74) is 2.75. The van der Waals surface area contributed by atoms with Crippen LogP contribution in [0.1, 0.15) is 69.6 Å². The molecule has 0 saturated heterocycles. The Labute approximate surface area is 202 Å². The molecule has 7 heteroatoms. The Bertz CT molecular complexity index is 1050. The van der Waals surface area contributed by atoms with Crippen LogP contribution in [0, 0.1) is 12.8 Å². The molecule has 1 atom stereocenters. The predicted molar refractivity (Wildman–Crippen MR) is 130 cm³/mol. The average molecular weight is 469 g/mol. The number of carbonyl (C=O) groups excluding carboxylic acids is 2. The lowest BCUT2D eigenvalue weighted by Gasteiger charge is -2.39. The lowest BCUT2D eigenvalue weighted by molar-refractivity contribution is -0.133. The third kappa shape index (κ3) is 5.88. The molecule has 0 fully saturated rings. The van der Waals surface area contributed by atoms with Gasteiger partial charge in [0.15, 0.2) is 11.4 Å². The van der Waals surface area contributed by atoms with Gasteiger partial charge in [-0.15, -0.1) is 0 Å². The predicted octanol–water partition coefficient (Wildman–Crippen LogP) is 5.43. The molecule has 0 aliphatic carbocycles. The molecule has 1 amide bonds. The van der Waals surface area contributed by atoms with Crippen LogP contribution in [-0.4, -0.2) is 41.0 Å². The Morgan fingerprint density at radius 1 is 1.21 bits per heavy atom. The molecule has 1 aliphatic heterocycles. The molecule has 1 aromatic carbocycles. The fourth-order valence-corrected chi connectivity index (χ4v) is 4.08. The molecule has 184 valence electrons. The van der Waals surface area contributed by atoms with Crippen molar-refractivity contribution < 1.29 is 23.8 Å². The van der Waals surface area contributed by atoms with Crippen LogP contribution in [0.4, 0.5) is 4.79 Å². The van der Waals surface area contributed by atoms with E-state index in [1.54, 1.807) is 25.9 Å². The number of benzene rings is 1. The standard InChI is InChI=1S/C27H36N2O5/c1-17(2)14-24-22-10-9-21(33-16-23-25(32-7)11-8-18(3)28-23)15-20(22)12-13-29(24)26(31)34-27(5,6)19(4)30/h8-11,15,17,24H,12-14,16H2,1-7H3/t24-/m0/s1.